The molecule has 0 saturated heterocycles. The molecule has 0 unspecified atom stereocenters. The van der Waals surface area contributed by atoms with Crippen LogP contribution in [0.1, 0.15) is 16.8 Å². The molecule has 0 aliphatic rings. The molecule has 0 heterocycles. The molecule has 0 aliphatic carbocycles. The van der Waals surface area contributed by atoms with Gasteiger partial charge in [0.1, 0.15) is 6.42 Å². The smallest absolute Gasteiger partial charge is 0.397 e. The second kappa shape index (κ2) is 5.73. The summed E-state index contributed by atoms with van der Waals surface area (Å²) < 4.78 is 41.0. The van der Waals surface area contributed by atoms with Gasteiger partial charge in [0, 0.05) is 7.05 Å². The van der Waals surface area contributed by atoms with E-state index >= 15 is 0 Å². The van der Waals surface area contributed by atoms with Gasteiger partial charge in [-0.25, -0.2) is 4.79 Å². The molecule has 7 heteroatoms. The summed E-state index contributed by atoms with van der Waals surface area (Å²) in [4.78, 5) is 23.7. The van der Waals surface area contributed by atoms with Crippen LogP contribution in [0.2, 0.25) is 0 Å². The van der Waals surface area contributed by atoms with E-state index in [-0.39, 0.29) is 11.3 Å². The first-order valence-electron chi connectivity index (χ1n) is 5.27. The zero-order chi connectivity index (χ0) is 14.6. The van der Waals surface area contributed by atoms with Crippen LogP contribution in [-0.2, 0) is 9.53 Å². The maximum atomic E-state index is 12.2. The molecule has 0 spiro atoms. The van der Waals surface area contributed by atoms with E-state index < -0.39 is 24.5 Å². The third kappa shape index (κ3) is 3.97. The Balaban J connectivity index is 3.03. The number of esters is 1. The van der Waals surface area contributed by atoms with E-state index in [0.29, 0.717) is 0 Å². The summed E-state index contributed by atoms with van der Waals surface area (Å²) in [5.74, 6) is -1.87. The molecule has 0 aliphatic heterocycles. The second-order valence-corrected chi connectivity index (χ2v) is 3.75. The maximum Gasteiger partial charge on any atom is 0.397 e. The van der Waals surface area contributed by atoms with Gasteiger partial charge in [0.15, 0.2) is 0 Å². The van der Waals surface area contributed by atoms with Crippen LogP contribution < -0.4 is 4.90 Å². The van der Waals surface area contributed by atoms with E-state index in [4.69, 9.17) is 0 Å². The van der Waals surface area contributed by atoms with Crippen LogP contribution in [0.5, 0.6) is 0 Å². The predicted molar refractivity (Wildman–Crippen MR) is 61.9 cm³/mol. The van der Waals surface area contributed by atoms with Crippen molar-refractivity contribution in [2.45, 2.75) is 12.6 Å². The number of hydrogen-bond acceptors (Lipinski definition) is 3. The summed E-state index contributed by atoms with van der Waals surface area (Å²) in [6.45, 7) is 0. The van der Waals surface area contributed by atoms with Gasteiger partial charge in [0.25, 0.3) is 0 Å². The van der Waals surface area contributed by atoms with Crippen molar-refractivity contribution in [3.05, 3.63) is 29.8 Å². The van der Waals surface area contributed by atoms with E-state index in [9.17, 15) is 22.8 Å². The number of para-hydroxylation sites is 1. The lowest BCUT2D eigenvalue weighted by Crippen LogP contribution is -2.31. The monoisotopic (exact) mass is 275 g/mol. The summed E-state index contributed by atoms with van der Waals surface area (Å²) in [6, 6.07) is 5.79. The van der Waals surface area contributed by atoms with E-state index in [1.165, 1.54) is 31.3 Å². The third-order valence-corrected chi connectivity index (χ3v) is 2.40. The lowest BCUT2D eigenvalue weighted by molar-refractivity contribution is -0.151. The van der Waals surface area contributed by atoms with E-state index in [2.05, 4.69) is 4.74 Å². The lowest BCUT2D eigenvalue weighted by Gasteiger charge is -2.20. The molecular weight excluding hydrogens is 263 g/mol. The molecule has 1 rings (SSSR count). The number of nitrogens with zero attached hydrogens (tertiary/aromatic N) is 1. The summed E-state index contributed by atoms with van der Waals surface area (Å²) in [5, 5.41) is 0. The lowest BCUT2D eigenvalue weighted by atomic mass is 10.1. The van der Waals surface area contributed by atoms with Crippen molar-refractivity contribution in [2.24, 2.45) is 0 Å². The minimum absolute atomic E-state index is 0.0306. The zero-order valence-corrected chi connectivity index (χ0v) is 10.3. The molecule has 0 fully saturated rings. The minimum Gasteiger partial charge on any atom is -0.465 e. The summed E-state index contributed by atoms with van der Waals surface area (Å²) in [7, 11) is 2.33. The fourth-order valence-electron chi connectivity index (χ4n) is 1.47. The summed E-state index contributed by atoms with van der Waals surface area (Å²) in [6.07, 6.45) is -6.18. The first kappa shape index (κ1) is 15.0. The average Bonchev–Trinajstić information content (AvgIpc) is 2.35. The van der Waals surface area contributed by atoms with Gasteiger partial charge < -0.3 is 9.64 Å². The molecule has 0 atom stereocenters. The molecule has 104 valence electrons. The average molecular weight is 275 g/mol. The minimum atomic E-state index is -4.59. The highest BCUT2D eigenvalue weighted by atomic mass is 19.4. The largest absolute Gasteiger partial charge is 0.465 e. The van der Waals surface area contributed by atoms with Crippen molar-refractivity contribution in [1.29, 1.82) is 0 Å². The number of halogens is 3. The SMILES string of the molecule is COC(=O)c1ccccc1N(C)C(=O)CC(F)(F)F. The molecular formula is C12H12F3NO3. The van der Waals surface area contributed by atoms with Crippen molar-refractivity contribution >= 4 is 17.6 Å². The van der Waals surface area contributed by atoms with E-state index in [1.54, 1.807) is 0 Å². The molecule has 0 saturated carbocycles. The molecule has 1 aromatic carbocycles. The first-order chi connectivity index (χ1) is 8.76. The van der Waals surface area contributed by atoms with Gasteiger partial charge in [-0.3, -0.25) is 4.79 Å². The Hall–Kier alpha value is -2.05. The molecule has 1 aromatic rings. The molecule has 0 N–H and O–H groups in total. The summed E-state index contributed by atoms with van der Waals surface area (Å²) >= 11 is 0. The standard InChI is InChI=1S/C12H12F3NO3/c1-16(10(17)7-12(13,14)15)9-6-4-3-5-8(9)11(18)19-2/h3-6H,7H2,1-2H3. The summed E-state index contributed by atoms with van der Waals surface area (Å²) in [5.41, 5.74) is 0.103. The van der Waals surface area contributed by atoms with Crippen molar-refractivity contribution in [3.8, 4) is 0 Å². The van der Waals surface area contributed by atoms with Crippen LogP contribution >= 0.6 is 0 Å². The van der Waals surface area contributed by atoms with Gasteiger partial charge in [-0.05, 0) is 12.1 Å². The van der Waals surface area contributed by atoms with Crippen molar-refractivity contribution in [3.63, 3.8) is 0 Å². The van der Waals surface area contributed by atoms with Crippen LogP contribution in [-0.4, -0.2) is 32.2 Å². The van der Waals surface area contributed by atoms with Gasteiger partial charge in [-0.15, -0.1) is 0 Å². The number of ether oxygens (including phenoxy) is 1. The van der Waals surface area contributed by atoms with Crippen molar-refractivity contribution in [2.75, 3.05) is 19.1 Å². The quantitative estimate of drug-likeness (QED) is 0.796. The zero-order valence-electron chi connectivity index (χ0n) is 10.3. The van der Waals surface area contributed by atoms with Crippen molar-refractivity contribution < 1.29 is 27.5 Å². The Labute approximate surface area is 107 Å². The van der Waals surface area contributed by atoms with Crippen molar-refractivity contribution in [1.82, 2.24) is 0 Å². The van der Waals surface area contributed by atoms with Gasteiger partial charge in [0.05, 0.1) is 18.4 Å². The Kier molecular flexibility index (Phi) is 4.52. The number of amides is 1. The fraction of sp³-hybridized carbons (Fsp3) is 0.333. The van der Waals surface area contributed by atoms with Crippen LogP contribution in [0.3, 0.4) is 0 Å². The van der Waals surface area contributed by atoms with Crippen LogP contribution in [0.4, 0.5) is 18.9 Å². The topological polar surface area (TPSA) is 46.6 Å². The molecule has 4 nitrogen and oxygen atoms in total. The Morgan fingerprint density at radius 2 is 1.84 bits per heavy atom. The first-order valence-corrected chi connectivity index (χ1v) is 5.27. The third-order valence-electron chi connectivity index (χ3n) is 2.40. The Bertz CT molecular complexity index is 485. The van der Waals surface area contributed by atoms with E-state index in [0.717, 1.165) is 12.0 Å². The van der Waals surface area contributed by atoms with Gasteiger partial charge in [-0.2, -0.15) is 13.2 Å². The van der Waals surface area contributed by atoms with Gasteiger partial charge in [-0.1, -0.05) is 12.1 Å². The number of alkyl halides is 3. The van der Waals surface area contributed by atoms with E-state index in [1.807, 2.05) is 0 Å². The highest BCUT2D eigenvalue weighted by Gasteiger charge is 2.33. The highest BCUT2D eigenvalue weighted by Crippen LogP contribution is 2.25. The van der Waals surface area contributed by atoms with Gasteiger partial charge in [0.2, 0.25) is 5.91 Å². The predicted octanol–water partition coefficient (Wildman–Crippen LogP) is 2.39. The van der Waals surface area contributed by atoms with Crippen LogP contribution in [0, 0.1) is 0 Å². The normalized spacial score (nSPS) is 11.0. The number of carbonyl (C=O) groups is 2. The van der Waals surface area contributed by atoms with Crippen LogP contribution in [0.25, 0.3) is 0 Å². The highest BCUT2D eigenvalue weighted by molar-refractivity contribution is 6.02. The molecule has 0 radical (unpaired) electrons. The Morgan fingerprint density at radius 3 is 2.37 bits per heavy atom. The molecule has 1 amide bonds. The Morgan fingerprint density at radius 1 is 1.26 bits per heavy atom. The molecule has 0 aromatic heterocycles. The number of benzene rings is 1. The number of rotatable bonds is 3. The second-order valence-electron chi connectivity index (χ2n) is 3.75. The van der Waals surface area contributed by atoms with Crippen LogP contribution in [0.15, 0.2) is 24.3 Å². The number of hydrogen-bond donors (Lipinski definition) is 0. The number of carbonyl (C=O) groups excluding carboxylic acids is 2. The molecule has 19 heavy (non-hydrogen) atoms. The fourth-order valence-corrected chi connectivity index (χ4v) is 1.47. The molecule has 0 bridgehead atoms. The maximum absolute atomic E-state index is 12.2. The van der Waals surface area contributed by atoms with Gasteiger partial charge >= 0.3 is 12.1 Å². The number of methoxy groups -OCH3 is 1. The number of anilines is 1.